The fourth-order valence-corrected chi connectivity index (χ4v) is 1.64. The zero-order valence-electron chi connectivity index (χ0n) is 8.43. The van der Waals surface area contributed by atoms with Crippen LogP contribution in [0.4, 0.5) is 0 Å². The summed E-state index contributed by atoms with van der Waals surface area (Å²) in [6.07, 6.45) is 10.6. The maximum absolute atomic E-state index is 4.25. The minimum absolute atomic E-state index is 0.167. The van der Waals surface area contributed by atoms with Gasteiger partial charge in [-0.2, -0.15) is 10.2 Å². The molecule has 0 bridgehead atoms. The predicted molar refractivity (Wildman–Crippen MR) is 56.6 cm³/mol. The summed E-state index contributed by atoms with van der Waals surface area (Å²) in [6.45, 7) is 0. The Morgan fingerprint density at radius 3 is 2.12 bits per heavy atom. The van der Waals surface area contributed by atoms with Crippen molar-refractivity contribution in [3.05, 3.63) is 55.1 Å². The van der Waals surface area contributed by atoms with Gasteiger partial charge in [0, 0.05) is 37.2 Å². The fraction of sp³-hybridized carbons (Fsp3) is 0.100. The number of hydrogen-bond acceptors (Lipinski definition) is 3. The van der Waals surface area contributed by atoms with E-state index in [0.717, 1.165) is 5.82 Å². The maximum atomic E-state index is 4.25. The van der Waals surface area contributed by atoms with Gasteiger partial charge in [0.1, 0.15) is 0 Å². The molecule has 0 radical (unpaired) electrons. The molecule has 3 aromatic rings. The second kappa shape index (κ2) is 3.65. The number of aromatic nitrogens is 6. The van der Waals surface area contributed by atoms with E-state index in [1.54, 1.807) is 34.2 Å². The van der Waals surface area contributed by atoms with Crippen LogP contribution in [0.5, 0.6) is 0 Å². The van der Waals surface area contributed by atoms with Crippen molar-refractivity contribution in [3.8, 4) is 0 Å². The summed E-state index contributed by atoms with van der Waals surface area (Å²) in [6, 6.07) is 3.75. The first-order valence-corrected chi connectivity index (χ1v) is 4.93. The topological polar surface area (TPSA) is 64.3 Å². The van der Waals surface area contributed by atoms with Crippen molar-refractivity contribution in [2.75, 3.05) is 0 Å². The molecule has 0 atom stereocenters. The van der Waals surface area contributed by atoms with Gasteiger partial charge >= 0.3 is 0 Å². The standard InChI is InChI=1S/C10H10N6/c1-3-13-15(7-1)10(9-11-5-6-12-9)16-8-2-4-14-16/h1-8,10H,(H,11,12). The van der Waals surface area contributed by atoms with Crippen LogP contribution in [-0.4, -0.2) is 29.5 Å². The molecule has 0 aromatic carbocycles. The largest absolute Gasteiger partial charge is 0.345 e. The fourth-order valence-electron chi connectivity index (χ4n) is 1.64. The van der Waals surface area contributed by atoms with Gasteiger partial charge in [-0.3, -0.25) is 0 Å². The first-order valence-electron chi connectivity index (χ1n) is 4.93. The molecule has 0 spiro atoms. The van der Waals surface area contributed by atoms with E-state index in [2.05, 4.69) is 20.2 Å². The Bertz CT molecular complexity index is 440. The van der Waals surface area contributed by atoms with Gasteiger partial charge in [-0.05, 0) is 12.1 Å². The third-order valence-electron chi connectivity index (χ3n) is 2.31. The van der Waals surface area contributed by atoms with Crippen molar-refractivity contribution in [1.29, 1.82) is 0 Å². The summed E-state index contributed by atoms with van der Waals surface area (Å²) in [7, 11) is 0. The van der Waals surface area contributed by atoms with E-state index < -0.39 is 0 Å². The van der Waals surface area contributed by atoms with E-state index in [-0.39, 0.29) is 6.17 Å². The zero-order valence-corrected chi connectivity index (χ0v) is 8.43. The Labute approximate surface area is 91.6 Å². The molecule has 6 heteroatoms. The number of rotatable bonds is 3. The molecular weight excluding hydrogens is 204 g/mol. The van der Waals surface area contributed by atoms with E-state index in [0.29, 0.717) is 0 Å². The van der Waals surface area contributed by atoms with E-state index in [4.69, 9.17) is 0 Å². The van der Waals surface area contributed by atoms with Crippen molar-refractivity contribution >= 4 is 0 Å². The third kappa shape index (κ3) is 1.40. The molecule has 0 saturated carbocycles. The number of H-pyrrole nitrogens is 1. The number of aromatic amines is 1. The molecular formula is C10H10N6. The molecule has 80 valence electrons. The molecule has 1 N–H and O–H groups in total. The van der Waals surface area contributed by atoms with Crippen LogP contribution in [0.3, 0.4) is 0 Å². The Morgan fingerprint density at radius 2 is 1.69 bits per heavy atom. The van der Waals surface area contributed by atoms with Gasteiger partial charge in [-0.1, -0.05) is 0 Å². The lowest BCUT2D eigenvalue weighted by Crippen LogP contribution is -2.21. The number of nitrogens with zero attached hydrogens (tertiary/aromatic N) is 5. The molecule has 0 aliphatic heterocycles. The molecule has 3 rings (SSSR count). The SMILES string of the molecule is c1cnn(C(c2ncc[nH]2)n2cccn2)c1. The molecule has 0 aliphatic rings. The first-order chi connectivity index (χ1) is 7.95. The highest BCUT2D eigenvalue weighted by molar-refractivity contribution is 5.00. The Balaban J connectivity index is 2.09. The zero-order chi connectivity index (χ0) is 10.8. The quantitative estimate of drug-likeness (QED) is 0.704. The van der Waals surface area contributed by atoms with Gasteiger partial charge in [-0.15, -0.1) is 0 Å². The lowest BCUT2D eigenvalue weighted by Gasteiger charge is -2.15. The minimum atomic E-state index is -0.167. The minimum Gasteiger partial charge on any atom is -0.345 e. The van der Waals surface area contributed by atoms with Gasteiger partial charge in [-0.25, -0.2) is 14.3 Å². The van der Waals surface area contributed by atoms with Gasteiger partial charge in [0.15, 0.2) is 5.82 Å². The van der Waals surface area contributed by atoms with Gasteiger partial charge in [0.25, 0.3) is 0 Å². The van der Waals surface area contributed by atoms with Crippen LogP contribution in [0.2, 0.25) is 0 Å². The smallest absolute Gasteiger partial charge is 0.200 e. The van der Waals surface area contributed by atoms with E-state index in [1.807, 2.05) is 24.5 Å². The van der Waals surface area contributed by atoms with Crippen LogP contribution in [0.25, 0.3) is 0 Å². The van der Waals surface area contributed by atoms with Crippen LogP contribution >= 0.6 is 0 Å². The van der Waals surface area contributed by atoms with Gasteiger partial charge < -0.3 is 4.98 Å². The highest BCUT2D eigenvalue weighted by Gasteiger charge is 2.18. The second-order valence-electron chi connectivity index (χ2n) is 3.32. The average Bonchev–Trinajstić information content (AvgIpc) is 3.02. The van der Waals surface area contributed by atoms with E-state index in [9.17, 15) is 0 Å². The molecule has 6 nitrogen and oxygen atoms in total. The molecule has 3 heterocycles. The van der Waals surface area contributed by atoms with Crippen molar-refractivity contribution in [2.45, 2.75) is 6.17 Å². The molecule has 0 unspecified atom stereocenters. The summed E-state index contributed by atoms with van der Waals surface area (Å²) in [5.74, 6) is 0.799. The lowest BCUT2D eigenvalue weighted by molar-refractivity contribution is 0.402. The Morgan fingerprint density at radius 1 is 1.00 bits per heavy atom. The number of hydrogen-bond donors (Lipinski definition) is 1. The Kier molecular flexibility index (Phi) is 2.03. The summed E-state index contributed by atoms with van der Waals surface area (Å²) in [5.41, 5.74) is 0. The maximum Gasteiger partial charge on any atom is 0.200 e. The average molecular weight is 214 g/mol. The normalized spacial score (nSPS) is 11.1. The summed E-state index contributed by atoms with van der Waals surface area (Å²) in [4.78, 5) is 7.33. The van der Waals surface area contributed by atoms with Crippen molar-refractivity contribution in [3.63, 3.8) is 0 Å². The van der Waals surface area contributed by atoms with Gasteiger partial charge in [0.2, 0.25) is 6.17 Å². The first kappa shape index (κ1) is 8.90. The van der Waals surface area contributed by atoms with Crippen LogP contribution in [0.1, 0.15) is 12.0 Å². The van der Waals surface area contributed by atoms with Crippen LogP contribution < -0.4 is 0 Å². The van der Waals surface area contributed by atoms with Crippen molar-refractivity contribution in [1.82, 2.24) is 29.5 Å². The summed E-state index contributed by atoms with van der Waals surface area (Å²) < 4.78 is 3.59. The molecule has 3 aromatic heterocycles. The number of nitrogens with one attached hydrogen (secondary N) is 1. The monoisotopic (exact) mass is 214 g/mol. The molecule has 0 fully saturated rings. The molecule has 0 saturated heterocycles. The molecule has 16 heavy (non-hydrogen) atoms. The van der Waals surface area contributed by atoms with E-state index in [1.165, 1.54) is 0 Å². The Hall–Kier alpha value is -2.37. The highest BCUT2D eigenvalue weighted by Crippen LogP contribution is 2.14. The van der Waals surface area contributed by atoms with Crippen LogP contribution in [-0.2, 0) is 0 Å². The molecule has 0 aliphatic carbocycles. The summed E-state index contributed by atoms with van der Waals surface area (Å²) in [5, 5.41) is 8.45. The predicted octanol–water partition coefficient (Wildman–Crippen LogP) is 0.898. The molecule has 0 amide bonds. The van der Waals surface area contributed by atoms with Crippen molar-refractivity contribution in [2.24, 2.45) is 0 Å². The highest BCUT2D eigenvalue weighted by atomic mass is 15.4. The van der Waals surface area contributed by atoms with Gasteiger partial charge in [0.05, 0.1) is 0 Å². The van der Waals surface area contributed by atoms with E-state index >= 15 is 0 Å². The lowest BCUT2D eigenvalue weighted by atomic mass is 10.4. The second-order valence-corrected chi connectivity index (χ2v) is 3.32. The van der Waals surface area contributed by atoms with Crippen LogP contribution in [0.15, 0.2) is 49.3 Å². The van der Waals surface area contributed by atoms with Crippen LogP contribution in [0, 0.1) is 0 Å². The third-order valence-corrected chi connectivity index (χ3v) is 2.31. The summed E-state index contributed by atoms with van der Waals surface area (Å²) >= 11 is 0. The number of imidazole rings is 1. The van der Waals surface area contributed by atoms with Crippen molar-refractivity contribution < 1.29 is 0 Å².